The highest BCUT2D eigenvalue weighted by atomic mass is 16.5. The highest BCUT2D eigenvalue weighted by molar-refractivity contribution is 5.94. The van der Waals surface area contributed by atoms with Gasteiger partial charge >= 0.3 is 5.97 Å². The molecule has 20 heavy (non-hydrogen) atoms. The molecule has 3 heteroatoms. The average molecular weight is 267 g/mol. The van der Waals surface area contributed by atoms with Gasteiger partial charge in [0.25, 0.3) is 0 Å². The predicted octanol–water partition coefficient (Wildman–Crippen LogP) is 3.62. The van der Waals surface area contributed by atoms with Crippen LogP contribution in [0.2, 0.25) is 0 Å². The molecule has 0 aliphatic carbocycles. The standard InChI is InChI=1S/C17H17NO2/c1-13-8-6-7-11-15(13)16(12-17(19)20-2)18-14-9-4-3-5-10-14/h3-12,18H,1-2H3/b16-12-. The van der Waals surface area contributed by atoms with Gasteiger partial charge in [-0.1, -0.05) is 42.5 Å². The third kappa shape index (κ3) is 3.48. The Morgan fingerprint density at radius 2 is 1.70 bits per heavy atom. The van der Waals surface area contributed by atoms with Crippen molar-refractivity contribution in [1.82, 2.24) is 0 Å². The summed E-state index contributed by atoms with van der Waals surface area (Å²) in [6.45, 7) is 2.01. The van der Waals surface area contributed by atoms with Gasteiger partial charge in [-0.2, -0.15) is 0 Å². The van der Waals surface area contributed by atoms with Gasteiger partial charge in [-0.25, -0.2) is 4.79 Å². The van der Waals surface area contributed by atoms with Gasteiger partial charge in [0.05, 0.1) is 12.8 Å². The van der Waals surface area contributed by atoms with Crippen molar-refractivity contribution >= 4 is 17.4 Å². The van der Waals surface area contributed by atoms with E-state index in [1.165, 1.54) is 13.2 Å². The number of carbonyl (C=O) groups is 1. The quantitative estimate of drug-likeness (QED) is 0.679. The number of carbonyl (C=O) groups excluding carboxylic acids is 1. The molecule has 102 valence electrons. The van der Waals surface area contributed by atoms with Crippen LogP contribution >= 0.6 is 0 Å². The Kier molecular flexibility index (Phi) is 4.56. The first-order valence-electron chi connectivity index (χ1n) is 6.38. The number of anilines is 1. The predicted molar refractivity (Wildman–Crippen MR) is 81.2 cm³/mol. The fraction of sp³-hybridized carbons (Fsp3) is 0.118. The largest absolute Gasteiger partial charge is 0.466 e. The summed E-state index contributed by atoms with van der Waals surface area (Å²) >= 11 is 0. The maximum Gasteiger partial charge on any atom is 0.332 e. The molecule has 0 amide bonds. The maximum absolute atomic E-state index is 11.6. The molecular weight excluding hydrogens is 250 g/mol. The second kappa shape index (κ2) is 6.57. The van der Waals surface area contributed by atoms with Crippen molar-refractivity contribution in [2.24, 2.45) is 0 Å². The fourth-order valence-electron chi connectivity index (χ4n) is 1.91. The van der Waals surface area contributed by atoms with Crippen LogP contribution in [0, 0.1) is 6.92 Å². The van der Waals surface area contributed by atoms with Crippen LogP contribution in [-0.2, 0) is 9.53 Å². The third-order valence-corrected chi connectivity index (χ3v) is 2.95. The van der Waals surface area contributed by atoms with Crippen molar-refractivity contribution in [1.29, 1.82) is 0 Å². The molecule has 0 radical (unpaired) electrons. The van der Waals surface area contributed by atoms with Crippen molar-refractivity contribution in [3.63, 3.8) is 0 Å². The molecule has 0 fully saturated rings. The normalized spacial score (nSPS) is 11.0. The minimum atomic E-state index is -0.383. The zero-order valence-corrected chi connectivity index (χ0v) is 11.6. The molecule has 0 unspecified atom stereocenters. The zero-order valence-electron chi connectivity index (χ0n) is 11.6. The number of para-hydroxylation sites is 1. The minimum absolute atomic E-state index is 0.383. The van der Waals surface area contributed by atoms with E-state index in [9.17, 15) is 4.79 Å². The SMILES string of the molecule is COC(=O)/C=C(\Nc1ccccc1)c1ccccc1C. The van der Waals surface area contributed by atoms with Crippen molar-refractivity contribution in [2.45, 2.75) is 6.92 Å². The minimum Gasteiger partial charge on any atom is -0.466 e. The van der Waals surface area contributed by atoms with Crippen LogP contribution in [0.5, 0.6) is 0 Å². The number of methoxy groups -OCH3 is 1. The van der Waals surface area contributed by atoms with Crippen LogP contribution in [-0.4, -0.2) is 13.1 Å². The molecule has 2 aromatic rings. The Hall–Kier alpha value is -2.55. The van der Waals surface area contributed by atoms with Crippen LogP contribution in [0.4, 0.5) is 5.69 Å². The molecule has 0 saturated carbocycles. The summed E-state index contributed by atoms with van der Waals surface area (Å²) in [5.41, 5.74) is 3.71. The fourth-order valence-corrected chi connectivity index (χ4v) is 1.91. The lowest BCUT2D eigenvalue weighted by atomic mass is 10.1. The van der Waals surface area contributed by atoms with E-state index in [-0.39, 0.29) is 5.97 Å². The van der Waals surface area contributed by atoms with Crippen molar-refractivity contribution in [3.05, 3.63) is 71.8 Å². The second-order valence-corrected chi connectivity index (χ2v) is 4.39. The molecule has 2 aromatic carbocycles. The van der Waals surface area contributed by atoms with E-state index in [1.807, 2.05) is 61.5 Å². The monoisotopic (exact) mass is 267 g/mol. The molecule has 0 aliphatic rings. The molecule has 0 aliphatic heterocycles. The summed E-state index contributed by atoms with van der Waals surface area (Å²) in [7, 11) is 1.37. The van der Waals surface area contributed by atoms with Crippen LogP contribution in [0.3, 0.4) is 0 Å². The number of esters is 1. The lowest BCUT2D eigenvalue weighted by Crippen LogP contribution is -2.05. The topological polar surface area (TPSA) is 38.3 Å². The van der Waals surface area contributed by atoms with Gasteiger partial charge in [0.2, 0.25) is 0 Å². The van der Waals surface area contributed by atoms with Crippen molar-refractivity contribution in [3.8, 4) is 0 Å². The Morgan fingerprint density at radius 1 is 1.05 bits per heavy atom. The Labute approximate surface area is 118 Å². The molecule has 1 N–H and O–H groups in total. The number of ether oxygens (including phenoxy) is 1. The van der Waals surface area contributed by atoms with E-state index < -0.39 is 0 Å². The summed E-state index contributed by atoms with van der Waals surface area (Å²) in [4.78, 5) is 11.6. The van der Waals surface area contributed by atoms with Crippen LogP contribution < -0.4 is 5.32 Å². The number of benzene rings is 2. The molecule has 0 heterocycles. The van der Waals surface area contributed by atoms with Gasteiger partial charge in [0, 0.05) is 17.3 Å². The van der Waals surface area contributed by atoms with Gasteiger partial charge in [-0.15, -0.1) is 0 Å². The molecule has 0 saturated heterocycles. The van der Waals surface area contributed by atoms with Gasteiger partial charge in [0.15, 0.2) is 0 Å². The highest BCUT2D eigenvalue weighted by Gasteiger charge is 2.08. The molecular formula is C17H17NO2. The van der Waals surface area contributed by atoms with Crippen LogP contribution in [0.15, 0.2) is 60.7 Å². The van der Waals surface area contributed by atoms with E-state index in [0.29, 0.717) is 0 Å². The molecule has 3 nitrogen and oxygen atoms in total. The number of hydrogen-bond donors (Lipinski definition) is 1. The van der Waals surface area contributed by atoms with Gasteiger partial charge in [0.1, 0.15) is 0 Å². The molecule has 0 bridgehead atoms. The first-order chi connectivity index (χ1) is 9.70. The highest BCUT2D eigenvalue weighted by Crippen LogP contribution is 2.21. The Balaban J connectivity index is 2.38. The zero-order chi connectivity index (χ0) is 14.4. The summed E-state index contributed by atoms with van der Waals surface area (Å²) in [5.74, 6) is -0.383. The molecule has 0 aromatic heterocycles. The van der Waals surface area contributed by atoms with Gasteiger partial charge < -0.3 is 10.1 Å². The lowest BCUT2D eigenvalue weighted by molar-refractivity contribution is -0.134. The Morgan fingerprint density at radius 3 is 2.35 bits per heavy atom. The van der Waals surface area contributed by atoms with Crippen LogP contribution in [0.1, 0.15) is 11.1 Å². The maximum atomic E-state index is 11.6. The summed E-state index contributed by atoms with van der Waals surface area (Å²) in [5, 5.41) is 3.26. The van der Waals surface area contributed by atoms with E-state index >= 15 is 0 Å². The number of rotatable bonds is 4. The van der Waals surface area contributed by atoms with E-state index in [1.54, 1.807) is 0 Å². The second-order valence-electron chi connectivity index (χ2n) is 4.39. The lowest BCUT2D eigenvalue weighted by Gasteiger charge is -2.13. The van der Waals surface area contributed by atoms with Crippen LogP contribution in [0.25, 0.3) is 5.70 Å². The summed E-state index contributed by atoms with van der Waals surface area (Å²) < 4.78 is 4.72. The van der Waals surface area contributed by atoms with Crippen molar-refractivity contribution in [2.75, 3.05) is 12.4 Å². The number of nitrogens with one attached hydrogen (secondary N) is 1. The Bertz CT molecular complexity index is 618. The molecule has 0 atom stereocenters. The van der Waals surface area contributed by atoms with Gasteiger partial charge in [-0.05, 0) is 24.6 Å². The third-order valence-electron chi connectivity index (χ3n) is 2.95. The number of aryl methyl sites for hydroxylation is 1. The van der Waals surface area contributed by atoms with E-state index in [4.69, 9.17) is 4.74 Å². The smallest absolute Gasteiger partial charge is 0.332 e. The van der Waals surface area contributed by atoms with E-state index in [0.717, 1.165) is 22.5 Å². The van der Waals surface area contributed by atoms with Gasteiger partial charge in [-0.3, -0.25) is 0 Å². The first kappa shape index (κ1) is 13.9. The summed E-state index contributed by atoms with van der Waals surface area (Å²) in [6.07, 6.45) is 1.47. The average Bonchev–Trinajstić information content (AvgIpc) is 2.48. The van der Waals surface area contributed by atoms with Crippen molar-refractivity contribution < 1.29 is 9.53 Å². The number of hydrogen-bond acceptors (Lipinski definition) is 3. The summed E-state index contributed by atoms with van der Waals surface area (Å²) in [6, 6.07) is 17.6. The first-order valence-corrected chi connectivity index (χ1v) is 6.38. The van der Waals surface area contributed by atoms with E-state index in [2.05, 4.69) is 5.32 Å². The molecule has 2 rings (SSSR count). The molecule has 0 spiro atoms.